The Morgan fingerprint density at radius 1 is 1.00 bits per heavy atom. The summed E-state index contributed by atoms with van der Waals surface area (Å²) in [5.41, 5.74) is 5.23. The van der Waals surface area contributed by atoms with Gasteiger partial charge in [-0.25, -0.2) is 15.0 Å². The van der Waals surface area contributed by atoms with Crippen molar-refractivity contribution in [2.75, 3.05) is 26.9 Å². The van der Waals surface area contributed by atoms with Crippen molar-refractivity contribution < 1.29 is 38.1 Å². The van der Waals surface area contributed by atoms with E-state index in [1.165, 1.54) is 13.3 Å². The highest BCUT2D eigenvalue weighted by atomic mass is 79.9. The molecule has 0 bridgehead atoms. The van der Waals surface area contributed by atoms with Crippen molar-refractivity contribution in [3.63, 3.8) is 0 Å². The van der Waals surface area contributed by atoms with Crippen LogP contribution in [0, 0.1) is 0 Å². The van der Waals surface area contributed by atoms with Crippen molar-refractivity contribution in [3.05, 3.63) is 92.1 Å². The van der Waals surface area contributed by atoms with Crippen LogP contribution < -0.4 is 35.0 Å². The van der Waals surface area contributed by atoms with E-state index in [2.05, 4.69) is 37.1 Å². The number of benzene rings is 3. The molecule has 0 saturated carbocycles. The first-order chi connectivity index (χ1) is 22.6. The molecule has 1 aliphatic heterocycles. The lowest BCUT2D eigenvalue weighted by molar-refractivity contribution is -0.139. The maximum absolute atomic E-state index is 12.6. The van der Waals surface area contributed by atoms with E-state index in [9.17, 15) is 14.4 Å². The summed E-state index contributed by atoms with van der Waals surface area (Å²) >= 11 is 9.51. The second kappa shape index (κ2) is 16.7. The molecule has 1 heterocycles. The molecule has 0 aliphatic carbocycles. The number of methoxy groups -OCH3 is 1. The molecule has 0 spiro atoms. The fourth-order valence-corrected chi connectivity index (χ4v) is 5.26. The number of carbonyl (C=O) groups is 3. The van der Waals surface area contributed by atoms with E-state index < -0.39 is 23.9 Å². The van der Waals surface area contributed by atoms with E-state index in [1.807, 2.05) is 19.1 Å². The normalized spacial score (nSPS) is 14.3. The van der Waals surface area contributed by atoms with Crippen molar-refractivity contribution in [2.45, 2.75) is 33.4 Å². The van der Waals surface area contributed by atoms with E-state index in [-0.39, 0.29) is 24.5 Å². The molecule has 3 aromatic rings. The van der Waals surface area contributed by atoms with Crippen molar-refractivity contribution in [3.8, 4) is 23.0 Å². The minimum absolute atomic E-state index is 0.178. The van der Waals surface area contributed by atoms with E-state index in [4.69, 9.17) is 35.3 Å². The summed E-state index contributed by atoms with van der Waals surface area (Å²) in [4.78, 5) is 37.4. The topological polar surface area (TPSA) is 146 Å². The first kappa shape index (κ1) is 35.1. The number of nitrogens with one attached hydrogen (secondary N) is 3. The third kappa shape index (κ3) is 9.39. The molecule has 0 aromatic heterocycles. The molecule has 0 radical (unpaired) electrons. The van der Waals surface area contributed by atoms with Crippen LogP contribution in [0.5, 0.6) is 23.0 Å². The van der Waals surface area contributed by atoms with Crippen LogP contribution in [0.3, 0.4) is 0 Å². The molecular weight excluding hydrogens is 696 g/mol. The predicted molar refractivity (Wildman–Crippen MR) is 179 cm³/mol. The van der Waals surface area contributed by atoms with Crippen LogP contribution in [0.4, 0.5) is 4.79 Å². The third-order valence-corrected chi connectivity index (χ3v) is 7.52. The summed E-state index contributed by atoms with van der Waals surface area (Å²) < 4.78 is 28.8. The van der Waals surface area contributed by atoms with E-state index in [1.54, 1.807) is 56.3 Å². The average Bonchev–Trinajstić information content (AvgIpc) is 3.04. The zero-order valence-electron chi connectivity index (χ0n) is 26.1. The maximum Gasteiger partial charge on any atom is 0.338 e. The number of hydrogen-bond donors (Lipinski definition) is 3. The quantitative estimate of drug-likeness (QED) is 0.107. The summed E-state index contributed by atoms with van der Waals surface area (Å²) in [5, 5.41) is 10.0. The Hall–Kier alpha value is -4.75. The van der Waals surface area contributed by atoms with Gasteiger partial charge >= 0.3 is 12.0 Å². The lowest BCUT2D eigenvalue weighted by Crippen LogP contribution is -2.45. The fourth-order valence-electron chi connectivity index (χ4n) is 4.56. The Morgan fingerprint density at radius 3 is 2.47 bits per heavy atom. The van der Waals surface area contributed by atoms with Gasteiger partial charge in [-0.15, -0.1) is 0 Å². The molecular formula is C33H34BrClN4O8. The number of ether oxygens (including phenoxy) is 5. The number of hydrazone groups is 1. The SMILES string of the molecule is CCOC(=O)C1=C(C)NC(=O)N[C@@H]1c1ccc(OCC(=O)N/N=C\c2cc(Br)c(OCc3ccc(Cl)cc3)c(OCC)c2)c(OC)c1. The van der Waals surface area contributed by atoms with Gasteiger partial charge in [0.05, 0.1) is 42.6 Å². The molecule has 248 valence electrons. The number of allylic oxidation sites excluding steroid dienone is 1. The number of halogens is 2. The lowest BCUT2D eigenvalue weighted by Gasteiger charge is -2.28. The van der Waals surface area contributed by atoms with Crippen LogP contribution >= 0.6 is 27.5 Å². The smallest absolute Gasteiger partial charge is 0.338 e. The second-order valence-corrected chi connectivity index (χ2v) is 11.3. The number of esters is 1. The van der Waals surface area contributed by atoms with Gasteiger partial charge in [-0.2, -0.15) is 5.10 Å². The summed E-state index contributed by atoms with van der Waals surface area (Å²) in [5.74, 6) is 0.522. The van der Waals surface area contributed by atoms with Crippen molar-refractivity contribution in [1.29, 1.82) is 0 Å². The van der Waals surface area contributed by atoms with Gasteiger partial charge in [-0.05, 0) is 89.8 Å². The number of urea groups is 1. The molecule has 4 rings (SSSR count). The zero-order valence-corrected chi connectivity index (χ0v) is 28.5. The Kier molecular flexibility index (Phi) is 12.5. The average molecular weight is 730 g/mol. The molecule has 14 heteroatoms. The molecule has 47 heavy (non-hydrogen) atoms. The van der Waals surface area contributed by atoms with Crippen molar-refractivity contribution >= 4 is 51.7 Å². The molecule has 0 unspecified atom stereocenters. The summed E-state index contributed by atoms with van der Waals surface area (Å²) in [6.45, 7) is 5.73. The summed E-state index contributed by atoms with van der Waals surface area (Å²) in [6.07, 6.45) is 1.47. The highest BCUT2D eigenvalue weighted by Gasteiger charge is 2.32. The number of rotatable bonds is 14. The summed E-state index contributed by atoms with van der Waals surface area (Å²) in [7, 11) is 1.44. The van der Waals surface area contributed by atoms with E-state index >= 15 is 0 Å². The largest absolute Gasteiger partial charge is 0.493 e. The molecule has 1 atom stereocenters. The maximum atomic E-state index is 12.6. The third-order valence-electron chi connectivity index (χ3n) is 6.68. The standard InChI is InChI=1S/C33H34BrClN4O8/c1-5-44-27-14-21(13-24(34)31(27)47-17-20-7-10-23(35)11-8-20)16-36-39-28(40)18-46-25-12-9-22(15-26(25)43-4)30-29(32(41)45-6-2)19(3)37-33(42)38-30/h7-16,30H,5-6,17-18H2,1-4H3,(H,39,40)(H2,37,38,42)/b36-16-/t30-/m1/s1. The number of nitrogens with zero attached hydrogens (tertiary/aromatic N) is 1. The minimum Gasteiger partial charge on any atom is -0.493 e. The first-order valence-corrected chi connectivity index (χ1v) is 15.7. The van der Waals surface area contributed by atoms with E-state index in [0.717, 1.165) is 5.56 Å². The fraction of sp³-hybridized carbons (Fsp3) is 0.273. The van der Waals surface area contributed by atoms with Gasteiger partial charge in [0.25, 0.3) is 5.91 Å². The lowest BCUT2D eigenvalue weighted by atomic mass is 9.95. The van der Waals surface area contributed by atoms with E-state index in [0.29, 0.717) is 56.8 Å². The van der Waals surface area contributed by atoms with Gasteiger partial charge in [-0.1, -0.05) is 29.8 Å². The van der Waals surface area contributed by atoms with Crippen molar-refractivity contribution in [1.82, 2.24) is 16.1 Å². The Labute approximate surface area is 285 Å². The van der Waals surface area contributed by atoms with Gasteiger partial charge in [0, 0.05) is 10.7 Å². The van der Waals surface area contributed by atoms with Gasteiger partial charge in [-0.3, -0.25) is 4.79 Å². The Morgan fingerprint density at radius 2 is 1.77 bits per heavy atom. The molecule has 3 N–H and O–H groups in total. The highest BCUT2D eigenvalue weighted by molar-refractivity contribution is 9.10. The second-order valence-electron chi connectivity index (χ2n) is 9.96. The molecule has 3 amide bonds. The van der Waals surface area contributed by atoms with Crippen molar-refractivity contribution in [2.24, 2.45) is 5.10 Å². The summed E-state index contributed by atoms with van der Waals surface area (Å²) in [6, 6.07) is 14.5. The van der Waals surface area contributed by atoms with Crippen LogP contribution in [0.2, 0.25) is 5.02 Å². The predicted octanol–water partition coefficient (Wildman–Crippen LogP) is 5.81. The Balaban J connectivity index is 1.38. The number of carbonyl (C=O) groups excluding carboxylic acids is 3. The minimum atomic E-state index is -0.782. The van der Waals surface area contributed by atoms with Crippen LogP contribution in [0.25, 0.3) is 0 Å². The molecule has 12 nitrogen and oxygen atoms in total. The van der Waals surface area contributed by atoms with Gasteiger partial charge in [0.15, 0.2) is 29.6 Å². The Bertz CT molecular complexity index is 1680. The van der Waals surface area contributed by atoms with Crippen LogP contribution in [-0.4, -0.2) is 51.1 Å². The van der Waals surface area contributed by atoms with Crippen LogP contribution in [0.15, 0.2) is 75.4 Å². The molecule has 0 fully saturated rings. The molecule has 3 aromatic carbocycles. The van der Waals surface area contributed by atoms with Crippen LogP contribution in [-0.2, 0) is 20.9 Å². The molecule has 0 saturated heterocycles. The first-order valence-electron chi connectivity index (χ1n) is 14.5. The highest BCUT2D eigenvalue weighted by Crippen LogP contribution is 2.37. The zero-order chi connectivity index (χ0) is 33.9. The number of hydrogen-bond acceptors (Lipinski definition) is 9. The molecule has 1 aliphatic rings. The van der Waals surface area contributed by atoms with Gasteiger partial charge in [0.2, 0.25) is 0 Å². The van der Waals surface area contributed by atoms with Gasteiger partial charge in [0.1, 0.15) is 6.61 Å². The number of amides is 3. The van der Waals surface area contributed by atoms with Crippen LogP contribution in [0.1, 0.15) is 43.5 Å². The van der Waals surface area contributed by atoms with Gasteiger partial charge < -0.3 is 34.3 Å². The monoisotopic (exact) mass is 728 g/mol.